The maximum atomic E-state index is 12.9. The summed E-state index contributed by atoms with van der Waals surface area (Å²) in [6.07, 6.45) is 9.52. The zero-order valence-corrected chi connectivity index (χ0v) is 15.8. The van der Waals surface area contributed by atoms with Crippen LogP contribution in [0.1, 0.15) is 43.2 Å². The molecule has 2 aromatic heterocycles. The van der Waals surface area contributed by atoms with Gasteiger partial charge >= 0.3 is 6.03 Å². The molecule has 3 aromatic rings. The summed E-state index contributed by atoms with van der Waals surface area (Å²) in [7, 11) is 0. The summed E-state index contributed by atoms with van der Waals surface area (Å²) < 4.78 is 5.79. The van der Waals surface area contributed by atoms with Crippen molar-refractivity contribution >= 4 is 6.03 Å². The van der Waals surface area contributed by atoms with Crippen LogP contribution in [0.3, 0.4) is 0 Å². The van der Waals surface area contributed by atoms with E-state index in [2.05, 4.69) is 15.3 Å². The third kappa shape index (κ3) is 4.22. The molecule has 0 spiro atoms. The number of hydrogen-bond acceptors (Lipinski definition) is 4. The number of urea groups is 1. The van der Waals surface area contributed by atoms with Crippen LogP contribution in [0.4, 0.5) is 4.79 Å². The lowest BCUT2D eigenvalue weighted by Gasteiger charge is -2.30. The van der Waals surface area contributed by atoms with Gasteiger partial charge in [-0.05, 0) is 30.5 Å². The Morgan fingerprint density at radius 3 is 2.75 bits per heavy atom. The van der Waals surface area contributed by atoms with Gasteiger partial charge in [0.25, 0.3) is 0 Å². The highest BCUT2D eigenvalue weighted by Crippen LogP contribution is 2.29. The Hall–Kier alpha value is -3.15. The summed E-state index contributed by atoms with van der Waals surface area (Å²) in [5.74, 6) is 1.21. The minimum absolute atomic E-state index is 0.0786. The monoisotopic (exact) mass is 376 g/mol. The van der Waals surface area contributed by atoms with Gasteiger partial charge in [0.2, 0.25) is 5.89 Å². The van der Waals surface area contributed by atoms with Crippen LogP contribution in [0.15, 0.2) is 65.5 Å². The molecular weight excluding hydrogens is 352 g/mol. The zero-order chi connectivity index (χ0) is 19.2. The summed E-state index contributed by atoms with van der Waals surface area (Å²) in [6.45, 7) is 1.02. The van der Waals surface area contributed by atoms with E-state index in [1.807, 2.05) is 47.4 Å². The van der Waals surface area contributed by atoms with Gasteiger partial charge in [-0.3, -0.25) is 4.98 Å². The molecule has 1 atom stereocenters. The molecule has 2 amide bonds. The molecule has 1 N–H and O–H groups in total. The zero-order valence-electron chi connectivity index (χ0n) is 15.8. The molecule has 6 heteroatoms. The third-order valence-corrected chi connectivity index (χ3v) is 5.11. The van der Waals surface area contributed by atoms with Gasteiger partial charge in [-0.25, -0.2) is 9.78 Å². The molecule has 1 fully saturated rings. The van der Waals surface area contributed by atoms with Crippen molar-refractivity contribution in [1.82, 2.24) is 20.2 Å². The number of pyridine rings is 1. The lowest BCUT2D eigenvalue weighted by atomic mass is 10.0. The van der Waals surface area contributed by atoms with Crippen LogP contribution in [-0.2, 0) is 6.54 Å². The fraction of sp³-hybridized carbons (Fsp3) is 0.318. The number of amides is 2. The fourth-order valence-corrected chi connectivity index (χ4v) is 3.66. The Morgan fingerprint density at radius 1 is 1.11 bits per heavy atom. The van der Waals surface area contributed by atoms with Crippen molar-refractivity contribution in [2.75, 3.05) is 6.54 Å². The molecule has 144 valence electrons. The summed E-state index contributed by atoms with van der Waals surface area (Å²) in [5, 5.41) is 2.98. The molecule has 28 heavy (non-hydrogen) atoms. The van der Waals surface area contributed by atoms with Crippen molar-refractivity contribution in [3.63, 3.8) is 0 Å². The maximum Gasteiger partial charge on any atom is 0.318 e. The molecule has 6 nitrogen and oxygen atoms in total. The number of oxazole rings is 1. The van der Waals surface area contributed by atoms with Gasteiger partial charge in [-0.15, -0.1) is 0 Å². The largest absolute Gasteiger partial charge is 0.439 e. The second-order valence-corrected chi connectivity index (χ2v) is 6.98. The molecule has 4 rings (SSSR count). The van der Waals surface area contributed by atoms with Crippen molar-refractivity contribution in [2.24, 2.45) is 0 Å². The van der Waals surface area contributed by atoms with Crippen LogP contribution in [0.2, 0.25) is 0 Å². The average Bonchev–Trinajstić information content (AvgIpc) is 3.09. The number of carbonyl (C=O) groups excluding carboxylic acids is 1. The van der Waals surface area contributed by atoms with Crippen molar-refractivity contribution in [2.45, 2.75) is 38.3 Å². The van der Waals surface area contributed by atoms with E-state index in [0.717, 1.165) is 43.4 Å². The minimum Gasteiger partial charge on any atom is -0.439 e. The normalized spacial score (nSPS) is 17.1. The van der Waals surface area contributed by atoms with Crippen molar-refractivity contribution in [1.29, 1.82) is 0 Å². The number of nitrogens with zero attached hydrogens (tertiary/aromatic N) is 3. The van der Waals surface area contributed by atoms with E-state index in [9.17, 15) is 4.79 Å². The van der Waals surface area contributed by atoms with Gasteiger partial charge in [-0.1, -0.05) is 43.2 Å². The van der Waals surface area contributed by atoms with E-state index in [4.69, 9.17) is 4.42 Å². The number of hydrogen-bond donors (Lipinski definition) is 1. The molecular formula is C22H24N4O2. The Bertz CT molecular complexity index is 895. The van der Waals surface area contributed by atoms with Crippen molar-refractivity contribution in [3.05, 3.63) is 72.5 Å². The Balaban J connectivity index is 1.43. The van der Waals surface area contributed by atoms with E-state index >= 15 is 0 Å². The fourth-order valence-electron chi connectivity index (χ4n) is 3.66. The van der Waals surface area contributed by atoms with Crippen molar-refractivity contribution in [3.8, 4) is 11.3 Å². The third-order valence-electron chi connectivity index (χ3n) is 5.11. The first-order chi connectivity index (χ1) is 13.8. The summed E-state index contributed by atoms with van der Waals surface area (Å²) >= 11 is 0. The van der Waals surface area contributed by atoms with E-state index in [0.29, 0.717) is 11.7 Å². The molecule has 1 aliphatic rings. The molecule has 3 heterocycles. The van der Waals surface area contributed by atoms with Gasteiger partial charge in [0, 0.05) is 24.5 Å². The highest BCUT2D eigenvalue weighted by molar-refractivity contribution is 5.74. The second kappa shape index (κ2) is 8.69. The van der Waals surface area contributed by atoms with Crippen LogP contribution < -0.4 is 5.32 Å². The molecule has 0 aliphatic carbocycles. The molecule has 0 radical (unpaired) electrons. The van der Waals surface area contributed by atoms with E-state index in [1.54, 1.807) is 18.6 Å². The first-order valence-electron chi connectivity index (χ1n) is 9.76. The lowest BCUT2D eigenvalue weighted by Crippen LogP contribution is -2.42. The van der Waals surface area contributed by atoms with Crippen molar-refractivity contribution < 1.29 is 9.21 Å². The van der Waals surface area contributed by atoms with Crippen LogP contribution in [0, 0.1) is 0 Å². The summed E-state index contributed by atoms with van der Waals surface area (Å²) in [6, 6.07) is 13.8. The van der Waals surface area contributed by atoms with Gasteiger partial charge in [0.05, 0.1) is 18.8 Å². The molecule has 1 saturated heterocycles. The quantitative estimate of drug-likeness (QED) is 0.724. The average molecular weight is 376 g/mol. The second-order valence-electron chi connectivity index (χ2n) is 6.98. The predicted molar refractivity (Wildman–Crippen MR) is 106 cm³/mol. The van der Waals surface area contributed by atoms with E-state index < -0.39 is 0 Å². The smallest absolute Gasteiger partial charge is 0.318 e. The number of aromatic nitrogens is 2. The van der Waals surface area contributed by atoms with Gasteiger partial charge in [-0.2, -0.15) is 0 Å². The van der Waals surface area contributed by atoms with Gasteiger partial charge in [0.1, 0.15) is 0 Å². The van der Waals surface area contributed by atoms with Gasteiger partial charge < -0.3 is 14.6 Å². The molecule has 0 bridgehead atoms. The first kappa shape index (κ1) is 18.2. The van der Waals surface area contributed by atoms with Gasteiger partial charge in [0.15, 0.2) is 5.76 Å². The number of nitrogens with one attached hydrogen (secondary N) is 1. The SMILES string of the molecule is O=C(NCc1ncc(-c2ccccc2)o1)N1CCCCCC1c1ccncc1. The Kier molecular flexibility index (Phi) is 5.66. The van der Waals surface area contributed by atoms with Crippen LogP contribution >= 0.6 is 0 Å². The topological polar surface area (TPSA) is 71.3 Å². The summed E-state index contributed by atoms with van der Waals surface area (Å²) in [5.41, 5.74) is 2.10. The molecule has 0 saturated carbocycles. The first-order valence-corrected chi connectivity index (χ1v) is 9.76. The van der Waals surface area contributed by atoms with Crippen LogP contribution in [0.5, 0.6) is 0 Å². The number of likely N-dealkylation sites (tertiary alicyclic amines) is 1. The lowest BCUT2D eigenvalue weighted by molar-refractivity contribution is 0.174. The molecule has 1 unspecified atom stereocenters. The summed E-state index contributed by atoms with van der Waals surface area (Å²) in [4.78, 5) is 23.2. The standard InChI is InChI=1S/C22H24N4O2/c27-22(25-16-21-24-15-20(28-21)18-7-3-1-4-8-18)26-14-6-2-5-9-19(26)17-10-12-23-13-11-17/h1,3-4,7-8,10-13,15,19H,2,5-6,9,14,16H2,(H,25,27). The maximum absolute atomic E-state index is 12.9. The number of rotatable bonds is 4. The highest BCUT2D eigenvalue weighted by atomic mass is 16.4. The predicted octanol–water partition coefficient (Wildman–Crippen LogP) is 4.56. The van der Waals surface area contributed by atoms with E-state index in [1.165, 1.54) is 0 Å². The Labute approximate surface area is 164 Å². The van der Waals surface area contributed by atoms with E-state index in [-0.39, 0.29) is 18.6 Å². The number of carbonyl (C=O) groups is 1. The highest BCUT2D eigenvalue weighted by Gasteiger charge is 2.26. The number of benzene rings is 1. The Morgan fingerprint density at radius 2 is 1.93 bits per heavy atom. The molecule has 1 aliphatic heterocycles. The van der Waals surface area contributed by atoms with Crippen LogP contribution in [-0.4, -0.2) is 27.4 Å². The van der Waals surface area contributed by atoms with Crippen LogP contribution in [0.25, 0.3) is 11.3 Å². The molecule has 1 aromatic carbocycles. The minimum atomic E-state index is -0.0804.